The van der Waals surface area contributed by atoms with Crippen LogP contribution in [0.25, 0.3) is 0 Å². The molecule has 1 aliphatic heterocycles. The molecule has 1 amide bonds. The summed E-state index contributed by atoms with van der Waals surface area (Å²) in [4.78, 5) is 16.6. The Balaban J connectivity index is 1.52. The molecule has 1 saturated heterocycles. The predicted octanol–water partition coefficient (Wildman–Crippen LogP) is 4.06. The molecule has 0 aromatic heterocycles. The normalized spacial score (nSPS) is 14.5. The van der Waals surface area contributed by atoms with Crippen LogP contribution in [0, 0.1) is 6.92 Å². The van der Waals surface area contributed by atoms with Crippen LogP contribution >= 0.6 is 23.2 Å². The van der Waals surface area contributed by atoms with Gasteiger partial charge in [-0.2, -0.15) is 0 Å². The summed E-state index contributed by atoms with van der Waals surface area (Å²) in [5, 5.41) is 4.63. The van der Waals surface area contributed by atoms with Crippen molar-refractivity contribution >= 4 is 40.5 Å². The van der Waals surface area contributed by atoms with Gasteiger partial charge in [-0.25, -0.2) is 0 Å². The summed E-state index contributed by atoms with van der Waals surface area (Å²) in [5.74, 6) is 0.102. The molecule has 0 unspecified atom stereocenters. The molecule has 6 heteroatoms. The summed E-state index contributed by atoms with van der Waals surface area (Å²) in [6.45, 7) is 5.25. The van der Waals surface area contributed by atoms with Crippen LogP contribution < -0.4 is 10.2 Å². The van der Waals surface area contributed by atoms with Crippen LogP contribution in [-0.4, -0.2) is 43.5 Å². The largest absolute Gasteiger partial charge is 0.376 e. The quantitative estimate of drug-likeness (QED) is 0.872. The molecule has 25 heavy (non-hydrogen) atoms. The molecule has 1 heterocycles. The van der Waals surface area contributed by atoms with E-state index in [1.807, 2.05) is 54.3 Å². The van der Waals surface area contributed by atoms with Crippen molar-refractivity contribution in [2.24, 2.45) is 0 Å². The topological polar surface area (TPSA) is 35.6 Å². The van der Waals surface area contributed by atoms with E-state index in [9.17, 15) is 4.79 Å². The average molecular weight is 378 g/mol. The van der Waals surface area contributed by atoms with E-state index < -0.39 is 0 Å². The first-order chi connectivity index (χ1) is 12.0. The van der Waals surface area contributed by atoms with Gasteiger partial charge in [0, 0.05) is 47.6 Å². The zero-order valence-corrected chi connectivity index (χ0v) is 15.6. The van der Waals surface area contributed by atoms with Gasteiger partial charge in [-0.1, -0.05) is 35.3 Å². The van der Waals surface area contributed by atoms with E-state index in [2.05, 4.69) is 10.2 Å². The SMILES string of the molecule is Cc1c(Cl)cccc1NCC(=O)N1CCN(c2cccc(Cl)c2)CC1. The third-order valence-corrected chi connectivity index (χ3v) is 5.15. The number of carbonyl (C=O) groups excluding carboxylic acids is 1. The van der Waals surface area contributed by atoms with Crippen LogP contribution in [0.3, 0.4) is 0 Å². The molecule has 1 aliphatic rings. The van der Waals surface area contributed by atoms with Crippen molar-refractivity contribution in [1.82, 2.24) is 4.90 Å². The van der Waals surface area contributed by atoms with Crippen LogP contribution in [-0.2, 0) is 4.79 Å². The first-order valence-electron chi connectivity index (χ1n) is 8.32. The molecule has 4 nitrogen and oxygen atoms in total. The number of halogens is 2. The van der Waals surface area contributed by atoms with E-state index in [4.69, 9.17) is 23.2 Å². The second kappa shape index (κ2) is 7.98. The van der Waals surface area contributed by atoms with E-state index in [-0.39, 0.29) is 12.5 Å². The van der Waals surface area contributed by atoms with Gasteiger partial charge in [0.25, 0.3) is 0 Å². The van der Waals surface area contributed by atoms with Crippen LogP contribution in [0.4, 0.5) is 11.4 Å². The summed E-state index contributed by atoms with van der Waals surface area (Å²) in [6, 6.07) is 13.5. The van der Waals surface area contributed by atoms with Gasteiger partial charge < -0.3 is 15.1 Å². The van der Waals surface area contributed by atoms with Crippen molar-refractivity contribution in [2.45, 2.75) is 6.92 Å². The molecular formula is C19H21Cl2N3O. The minimum Gasteiger partial charge on any atom is -0.376 e. The number of anilines is 2. The Labute approximate surface area is 158 Å². The van der Waals surface area contributed by atoms with Gasteiger partial charge in [0.1, 0.15) is 0 Å². The number of piperazine rings is 1. The van der Waals surface area contributed by atoms with Crippen molar-refractivity contribution in [3.63, 3.8) is 0 Å². The van der Waals surface area contributed by atoms with Crippen LogP contribution in [0.5, 0.6) is 0 Å². The molecule has 0 bridgehead atoms. The Morgan fingerprint density at radius 1 is 1.08 bits per heavy atom. The maximum atomic E-state index is 12.5. The monoisotopic (exact) mass is 377 g/mol. The van der Waals surface area contributed by atoms with Gasteiger partial charge in [0.2, 0.25) is 5.91 Å². The lowest BCUT2D eigenvalue weighted by Crippen LogP contribution is -2.50. The average Bonchev–Trinajstić information content (AvgIpc) is 2.63. The molecule has 0 radical (unpaired) electrons. The Hall–Kier alpha value is -1.91. The van der Waals surface area contributed by atoms with Gasteiger partial charge >= 0.3 is 0 Å². The highest BCUT2D eigenvalue weighted by Gasteiger charge is 2.21. The molecule has 132 valence electrons. The minimum absolute atomic E-state index is 0.102. The molecule has 0 aliphatic carbocycles. The van der Waals surface area contributed by atoms with Crippen LogP contribution in [0.15, 0.2) is 42.5 Å². The van der Waals surface area contributed by atoms with Crippen molar-refractivity contribution in [2.75, 3.05) is 42.9 Å². The summed E-state index contributed by atoms with van der Waals surface area (Å²) in [5.41, 5.74) is 2.97. The van der Waals surface area contributed by atoms with Gasteiger partial charge in [-0.3, -0.25) is 4.79 Å². The molecule has 1 fully saturated rings. The lowest BCUT2D eigenvalue weighted by atomic mass is 10.2. The highest BCUT2D eigenvalue weighted by atomic mass is 35.5. The van der Waals surface area contributed by atoms with Gasteiger partial charge in [0.05, 0.1) is 6.54 Å². The number of hydrogen-bond donors (Lipinski definition) is 1. The Morgan fingerprint density at radius 3 is 2.52 bits per heavy atom. The van der Waals surface area contributed by atoms with E-state index in [0.717, 1.165) is 35.1 Å². The highest BCUT2D eigenvalue weighted by molar-refractivity contribution is 6.31. The first kappa shape index (κ1) is 17.9. The fourth-order valence-electron chi connectivity index (χ4n) is 2.97. The molecule has 0 spiro atoms. The summed E-state index contributed by atoms with van der Waals surface area (Å²) < 4.78 is 0. The van der Waals surface area contributed by atoms with E-state index in [1.54, 1.807) is 0 Å². The van der Waals surface area contributed by atoms with E-state index >= 15 is 0 Å². The van der Waals surface area contributed by atoms with Gasteiger partial charge in [-0.05, 0) is 42.8 Å². The fourth-order valence-corrected chi connectivity index (χ4v) is 3.33. The summed E-state index contributed by atoms with van der Waals surface area (Å²) in [6.07, 6.45) is 0. The van der Waals surface area contributed by atoms with Crippen molar-refractivity contribution in [3.8, 4) is 0 Å². The van der Waals surface area contributed by atoms with Gasteiger partial charge in [0.15, 0.2) is 0 Å². The van der Waals surface area contributed by atoms with Crippen molar-refractivity contribution in [3.05, 3.63) is 58.1 Å². The lowest BCUT2D eigenvalue weighted by Gasteiger charge is -2.36. The summed E-state index contributed by atoms with van der Waals surface area (Å²) in [7, 11) is 0. The summed E-state index contributed by atoms with van der Waals surface area (Å²) >= 11 is 12.2. The Kier molecular flexibility index (Phi) is 5.71. The Bertz CT molecular complexity index is 758. The van der Waals surface area contributed by atoms with Crippen LogP contribution in [0.2, 0.25) is 10.0 Å². The van der Waals surface area contributed by atoms with Gasteiger partial charge in [-0.15, -0.1) is 0 Å². The molecule has 0 atom stereocenters. The second-order valence-corrected chi connectivity index (χ2v) is 6.96. The second-order valence-electron chi connectivity index (χ2n) is 6.11. The van der Waals surface area contributed by atoms with E-state index in [1.165, 1.54) is 0 Å². The number of rotatable bonds is 4. The Morgan fingerprint density at radius 2 is 1.80 bits per heavy atom. The fraction of sp³-hybridized carbons (Fsp3) is 0.316. The molecular weight excluding hydrogens is 357 g/mol. The lowest BCUT2D eigenvalue weighted by molar-refractivity contribution is -0.129. The molecule has 3 rings (SSSR count). The standard InChI is InChI=1S/C19H21Cl2N3O/c1-14-17(21)6-3-7-18(14)22-13-19(25)24-10-8-23(9-11-24)16-5-2-4-15(20)12-16/h2-7,12,22H,8-11,13H2,1H3. The van der Waals surface area contributed by atoms with Crippen molar-refractivity contribution in [1.29, 1.82) is 0 Å². The number of nitrogens with zero attached hydrogens (tertiary/aromatic N) is 2. The molecule has 2 aromatic rings. The zero-order valence-electron chi connectivity index (χ0n) is 14.1. The number of nitrogens with one attached hydrogen (secondary N) is 1. The third-order valence-electron chi connectivity index (χ3n) is 4.50. The molecule has 1 N–H and O–H groups in total. The smallest absolute Gasteiger partial charge is 0.241 e. The molecule has 2 aromatic carbocycles. The van der Waals surface area contributed by atoms with Crippen molar-refractivity contribution < 1.29 is 4.79 Å². The number of carbonyl (C=O) groups is 1. The number of amides is 1. The number of hydrogen-bond acceptors (Lipinski definition) is 3. The predicted molar refractivity (Wildman–Crippen MR) is 105 cm³/mol. The zero-order chi connectivity index (χ0) is 17.8. The maximum absolute atomic E-state index is 12.5. The first-order valence-corrected chi connectivity index (χ1v) is 9.07. The third kappa shape index (κ3) is 4.39. The number of benzene rings is 2. The maximum Gasteiger partial charge on any atom is 0.241 e. The highest BCUT2D eigenvalue weighted by Crippen LogP contribution is 2.23. The van der Waals surface area contributed by atoms with Crippen LogP contribution in [0.1, 0.15) is 5.56 Å². The van der Waals surface area contributed by atoms with E-state index in [0.29, 0.717) is 18.1 Å². The molecule has 0 saturated carbocycles. The minimum atomic E-state index is 0.102.